The van der Waals surface area contributed by atoms with Gasteiger partial charge in [0.05, 0.1) is 10.7 Å². The monoisotopic (exact) mass is 387 g/mol. The number of hydrogen-bond acceptors (Lipinski definition) is 4. The summed E-state index contributed by atoms with van der Waals surface area (Å²) in [7, 11) is 0. The van der Waals surface area contributed by atoms with E-state index < -0.39 is 0 Å². The van der Waals surface area contributed by atoms with E-state index in [2.05, 4.69) is 22.5 Å². The fourth-order valence-corrected chi connectivity index (χ4v) is 3.69. The van der Waals surface area contributed by atoms with Gasteiger partial charge in [-0.05, 0) is 33.2 Å². The van der Waals surface area contributed by atoms with Crippen LogP contribution < -0.4 is 10.6 Å². The number of halogens is 2. The standard InChI is InChI=1S/C17H21N3OS.2ClH/c1-11-14(9-6-10-18-11)20-17(21)16-15(19-12(2)22-16)13-7-4-3-5-8-13;;/h3-5,7-8,11,14,18H,6,9-10H2,1-2H3,(H,20,21);2*1H. The Hall–Kier alpha value is -1.14. The lowest BCUT2D eigenvalue weighted by Gasteiger charge is -2.30. The van der Waals surface area contributed by atoms with E-state index in [1.54, 1.807) is 0 Å². The predicted molar refractivity (Wildman–Crippen MR) is 105 cm³/mol. The maximum absolute atomic E-state index is 12.7. The number of carbonyl (C=O) groups is 1. The number of carbonyl (C=O) groups excluding carboxylic acids is 1. The molecule has 0 bridgehead atoms. The number of rotatable bonds is 3. The second kappa shape index (κ2) is 9.37. The van der Waals surface area contributed by atoms with Crippen molar-refractivity contribution >= 4 is 42.1 Å². The molecule has 7 heteroatoms. The van der Waals surface area contributed by atoms with Crippen LogP contribution in [-0.4, -0.2) is 29.5 Å². The molecule has 0 aliphatic carbocycles. The maximum atomic E-state index is 12.7. The minimum atomic E-state index is -0.00926. The van der Waals surface area contributed by atoms with Gasteiger partial charge in [-0.3, -0.25) is 4.79 Å². The molecule has 1 aromatic carbocycles. The van der Waals surface area contributed by atoms with E-state index in [1.165, 1.54) is 11.3 Å². The molecule has 1 aromatic heterocycles. The molecule has 1 fully saturated rings. The van der Waals surface area contributed by atoms with Gasteiger partial charge in [-0.1, -0.05) is 30.3 Å². The Kier molecular flexibility index (Phi) is 8.16. The van der Waals surface area contributed by atoms with Gasteiger partial charge in [-0.2, -0.15) is 0 Å². The largest absolute Gasteiger partial charge is 0.347 e. The Morgan fingerprint density at radius 2 is 2.00 bits per heavy atom. The number of piperidine rings is 1. The molecule has 1 aliphatic heterocycles. The lowest BCUT2D eigenvalue weighted by Crippen LogP contribution is -2.51. The van der Waals surface area contributed by atoms with Crippen LogP contribution in [0.25, 0.3) is 11.3 Å². The molecule has 0 radical (unpaired) electrons. The highest BCUT2D eigenvalue weighted by Gasteiger charge is 2.25. The van der Waals surface area contributed by atoms with Crippen molar-refractivity contribution in [3.05, 3.63) is 40.2 Å². The normalized spacial score (nSPS) is 19.8. The smallest absolute Gasteiger partial charge is 0.263 e. The summed E-state index contributed by atoms with van der Waals surface area (Å²) < 4.78 is 0. The van der Waals surface area contributed by atoms with Crippen molar-refractivity contribution in [2.75, 3.05) is 6.54 Å². The summed E-state index contributed by atoms with van der Waals surface area (Å²) in [5, 5.41) is 7.51. The highest BCUT2D eigenvalue weighted by molar-refractivity contribution is 7.14. The van der Waals surface area contributed by atoms with Crippen molar-refractivity contribution < 1.29 is 4.79 Å². The van der Waals surface area contributed by atoms with E-state index in [0.717, 1.165) is 35.7 Å². The van der Waals surface area contributed by atoms with E-state index >= 15 is 0 Å². The molecule has 2 unspecified atom stereocenters. The number of amides is 1. The molecule has 4 nitrogen and oxygen atoms in total. The van der Waals surface area contributed by atoms with Crippen molar-refractivity contribution in [3.63, 3.8) is 0 Å². The molecule has 1 aliphatic rings. The van der Waals surface area contributed by atoms with Gasteiger partial charge in [0.1, 0.15) is 4.88 Å². The minimum Gasteiger partial charge on any atom is -0.347 e. The number of aryl methyl sites for hydroxylation is 1. The van der Waals surface area contributed by atoms with E-state index in [0.29, 0.717) is 10.9 Å². The van der Waals surface area contributed by atoms with Crippen LogP contribution in [0.5, 0.6) is 0 Å². The lowest BCUT2D eigenvalue weighted by atomic mass is 10.00. The number of hydrogen-bond donors (Lipinski definition) is 2. The fraction of sp³-hybridized carbons (Fsp3) is 0.412. The molecule has 1 saturated heterocycles. The zero-order valence-corrected chi connectivity index (χ0v) is 16.2. The molecule has 2 N–H and O–H groups in total. The van der Waals surface area contributed by atoms with Gasteiger partial charge in [-0.15, -0.1) is 36.2 Å². The summed E-state index contributed by atoms with van der Waals surface area (Å²) >= 11 is 1.46. The van der Waals surface area contributed by atoms with Crippen molar-refractivity contribution in [1.82, 2.24) is 15.6 Å². The molecule has 3 rings (SSSR count). The number of thiazole rings is 1. The molecule has 0 spiro atoms. The van der Waals surface area contributed by atoms with Crippen LogP contribution in [0.1, 0.15) is 34.4 Å². The molecule has 2 aromatic rings. The van der Waals surface area contributed by atoms with Crippen LogP contribution in [0.15, 0.2) is 30.3 Å². The quantitative estimate of drug-likeness (QED) is 0.840. The van der Waals surface area contributed by atoms with Gasteiger partial charge >= 0.3 is 0 Å². The second-order valence-electron chi connectivity index (χ2n) is 5.74. The summed E-state index contributed by atoms with van der Waals surface area (Å²) in [5.74, 6) is -0.00926. The molecule has 2 heterocycles. The molecule has 0 saturated carbocycles. The van der Waals surface area contributed by atoms with Crippen LogP contribution in [0.3, 0.4) is 0 Å². The number of nitrogens with one attached hydrogen (secondary N) is 2. The Balaban J connectivity index is 0.00000144. The third-order valence-electron chi connectivity index (χ3n) is 4.07. The van der Waals surface area contributed by atoms with Crippen LogP contribution >= 0.6 is 36.2 Å². The topological polar surface area (TPSA) is 54.0 Å². The fourth-order valence-electron chi connectivity index (χ4n) is 2.85. The Morgan fingerprint density at radius 1 is 1.29 bits per heavy atom. The summed E-state index contributed by atoms with van der Waals surface area (Å²) in [6, 6.07) is 10.4. The first-order valence-corrected chi connectivity index (χ1v) is 8.54. The Morgan fingerprint density at radius 3 is 2.67 bits per heavy atom. The highest BCUT2D eigenvalue weighted by atomic mass is 35.5. The number of benzene rings is 1. The highest BCUT2D eigenvalue weighted by Crippen LogP contribution is 2.28. The summed E-state index contributed by atoms with van der Waals surface area (Å²) in [6.07, 6.45) is 2.13. The van der Waals surface area contributed by atoms with Crippen molar-refractivity contribution in [2.24, 2.45) is 0 Å². The van der Waals surface area contributed by atoms with Crippen molar-refractivity contribution in [3.8, 4) is 11.3 Å². The van der Waals surface area contributed by atoms with E-state index in [9.17, 15) is 4.79 Å². The third kappa shape index (κ3) is 4.70. The van der Waals surface area contributed by atoms with Crippen molar-refractivity contribution in [2.45, 2.75) is 38.8 Å². The molecular formula is C17H23Cl2N3OS. The first-order valence-electron chi connectivity index (χ1n) is 7.72. The molecular weight excluding hydrogens is 365 g/mol. The average Bonchev–Trinajstić information content (AvgIpc) is 2.92. The van der Waals surface area contributed by atoms with Gasteiger partial charge in [-0.25, -0.2) is 4.98 Å². The molecule has 24 heavy (non-hydrogen) atoms. The van der Waals surface area contributed by atoms with E-state index in [4.69, 9.17) is 0 Å². The van der Waals surface area contributed by atoms with Crippen LogP contribution in [0.4, 0.5) is 0 Å². The Labute approximate surface area is 159 Å². The average molecular weight is 388 g/mol. The zero-order valence-electron chi connectivity index (χ0n) is 13.7. The summed E-state index contributed by atoms with van der Waals surface area (Å²) in [5.41, 5.74) is 1.78. The van der Waals surface area contributed by atoms with Gasteiger partial charge in [0.15, 0.2) is 0 Å². The molecule has 1 amide bonds. The van der Waals surface area contributed by atoms with Gasteiger partial charge in [0.2, 0.25) is 0 Å². The zero-order chi connectivity index (χ0) is 15.5. The second-order valence-corrected chi connectivity index (χ2v) is 6.94. The van der Waals surface area contributed by atoms with E-state index in [-0.39, 0.29) is 36.8 Å². The maximum Gasteiger partial charge on any atom is 0.263 e. The van der Waals surface area contributed by atoms with Crippen LogP contribution in [-0.2, 0) is 0 Å². The molecule has 132 valence electrons. The van der Waals surface area contributed by atoms with Gasteiger partial charge in [0, 0.05) is 17.6 Å². The summed E-state index contributed by atoms with van der Waals surface area (Å²) in [6.45, 7) is 5.10. The Bertz CT molecular complexity index is 663. The SMILES string of the molecule is Cc1nc(-c2ccccc2)c(C(=O)NC2CCCNC2C)s1.Cl.Cl. The predicted octanol–water partition coefficient (Wildman–Crippen LogP) is 3.83. The first-order chi connectivity index (χ1) is 10.6. The molecule has 2 atom stereocenters. The van der Waals surface area contributed by atoms with Crippen molar-refractivity contribution in [1.29, 1.82) is 0 Å². The lowest BCUT2D eigenvalue weighted by molar-refractivity contribution is 0.0924. The number of aromatic nitrogens is 1. The first kappa shape index (κ1) is 20.9. The van der Waals surface area contributed by atoms with Crippen LogP contribution in [0.2, 0.25) is 0 Å². The summed E-state index contributed by atoms with van der Waals surface area (Å²) in [4.78, 5) is 18.0. The third-order valence-corrected chi connectivity index (χ3v) is 5.04. The number of nitrogens with zero attached hydrogens (tertiary/aromatic N) is 1. The minimum absolute atomic E-state index is 0. The van der Waals surface area contributed by atoms with Crippen LogP contribution in [0, 0.1) is 6.92 Å². The van der Waals surface area contributed by atoms with Gasteiger partial charge in [0.25, 0.3) is 5.91 Å². The van der Waals surface area contributed by atoms with Gasteiger partial charge < -0.3 is 10.6 Å². The van der Waals surface area contributed by atoms with E-state index in [1.807, 2.05) is 37.3 Å².